The van der Waals surface area contributed by atoms with E-state index in [9.17, 15) is 22.8 Å². The molecule has 0 atom stereocenters. The van der Waals surface area contributed by atoms with Gasteiger partial charge < -0.3 is 20.1 Å². The van der Waals surface area contributed by atoms with E-state index in [1.165, 1.54) is 56.6 Å². The monoisotopic (exact) mass is 532 g/mol. The van der Waals surface area contributed by atoms with E-state index in [0.717, 1.165) is 6.26 Å². The predicted octanol–water partition coefficient (Wildman–Crippen LogP) is 2.85. The Labute approximate surface area is 216 Å². The van der Waals surface area contributed by atoms with Gasteiger partial charge in [-0.2, -0.15) is 0 Å². The minimum atomic E-state index is -3.53. The maximum Gasteiger partial charge on any atom is 0.259 e. The van der Waals surface area contributed by atoms with Crippen LogP contribution in [-0.4, -0.2) is 54.2 Å². The molecule has 12 heteroatoms. The number of rotatable bonds is 10. The lowest BCUT2D eigenvalue weighted by molar-refractivity contribution is -0.116. The molecule has 0 aromatic heterocycles. The summed E-state index contributed by atoms with van der Waals surface area (Å²) in [4.78, 5) is 38.0. The number of amides is 3. The fourth-order valence-electron chi connectivity index (χ4n) is 3.39. The predicted molar refractivity (Wildman–Crippen MR) is 143 cm³/mol. The molecule has 37 heavy (non-hydrogen) atoms. The van der Waals surface area contributed by atoms with Crippen molar-refractivity contribution in [2.45, 2.75) is 26.2 Å². The number of hydrogen-bond donors (Lipinski definition) is 3. The fraction of sp³-hybridized carbons (Fsp3) is 0.320. The van der Waals surface area contributed by atoms with Gasteiger partial charge in [0.2, 0.25) is 22.3 Å². The Morgan fingerprint density at radius 1 is 1.05 bits per heavy atom. The summed E-state index contributed by atoms with van der Waals surface area (Å²) in [5.41, 5.74) is 1.28. The highest BCUT2D eigenvalue weighted by atomic mass is 32.2. The standard InChI is InChI=1S/C25H32N4O7S/c1-25(2,3)19-13-17(29(15-30)11-10-22(31)26-4)14-20(23(19)36-6)27-24(32)18-9-8-16(12-21(18)35-5)28-37(7,33)34/h8-15,28H,1-7H3,(H,26,31)(H,27,32)/b11-10-. The van der Waals surface area contributed by atoms with Gasteiger partial charge in [-0.15, -0.1) is 0 Å². The number of nitrogens with zero attached hydrogens (tertiary/aromatic N) is 1. The van der Waals surface area contributed by atoms with Crippen LogP contribution in [0, 0.1) is 0 Å². The fourth-order valence-corrected chi connectivity index (χ4v) is 3.95. The smallest absolute Gasteiger partial charge is 0.259 e. The van der Waals surface area contributed by atoms with Gasteiger partial charge in [0.25, 0.3) is 5.91 Å². The summed E-state index contributed by atoms with van der Waals surface area (Å²) in [5, 5.41) is 5.24. The van der Waals surface area contributed by atoms with Crippen molar-refractivity contribution < 1.29 is 32.3 Å². The van der Waals surface area contributed by atoms with Crippen molar-refractivity contribution in [2.75, 3.05) is 42.5 Å². The summed E-state index contributed by atoms with van der Waals surface area (Å²) < 4.78 is 36.4. The van der Waals surface area contributed by atoms with E-state index in [4.69, 9.17) is 9.47 Å². The molecule has 2 aromatic rings. The van der Waals surface area contributed by atoms with Crippen molar-refractivity contribution in [2.24, 2.45) is 0 Å². The molecule has 0 aliphatic carbocycles. The molecule has 0 aliphatic rings. The molecule has 200 valence electrons. The van der Waals surface area contributed by atoms with Crippen LogP contribution in [0.3, 0.4) is 0 Å². The van der Waals surface area contributed by atoms with E-state index in [1.54, 1.807) is 12.1 Å². The first-order valence-corrected chi connectivity index (χ1v) is 13.0. The molecule has 3 N–H and O–H groups in total. The Kier molecular flexibility index (Phi) is 9.29. The maximum atomic E-state index is 13.3. The summed E-state index contributed by atoms with van der Waals surface area (Å²) in [5.74, 6) is -0.428. The Morgan fingerprint density at radius 2 is 1.73 bits per heavy atom. The first kappa shape index (κ1) is 29.2. The van der Waals surface area contributed by atoms with Crippen molar-refractivity contribution in [3.63, 3.8) is 0 Å². The van der Waals surface area contributed by atoms with E-state index in [1.807, 2.05) is 20.8 Å². The average Bonchev–Trinajstić information content (AvgIpc) is 2.82. The summed E-state index contributed by atoms with van der Waals surface area (Å²) >= 11 is 0. The summed E-state index contributed by atoms with van der Waals surface area (Å²) in [6, 6.07) is 7.53. The third-order valence-corrected chi connectivity index (χ3v) is 5.73. The molecule has 0 spiro atoms. The van der Waals surface area contributed by atoms with Crippen molar-refractivity contribution in [1.29, 1.82) is 0 Å². The van der Waals surface area contributed by atoms with Crippen LogP contribution in [0.5, 0.6) is 11.5 Å². The molecule has 0 unspecified atom stereocenters. The molecule has 0 saturated carbocycles. The minimum absolute atomic E-state index is 0.137. The van der Waals surface area contributed by atoms with Gasteiger partial charge in [0.15, 0.2) is 0 Å². The Bertz CT molecular complexity index is 1320. The number of carbonyl (C=O) groups is 3. The summed E-state index contributed by atoms with van der Waals surface area (Å²) in [7, 11) is 0.766. The number of ether oxygens (including phenoxy) is 2. The Hall–Kier alpha value is -4.06. The lowest BCUT2D eigenvalue weighted by Crippen LogP contribution is -2.21. The van der Waals surface area contributed by atoms with Gasteiger partial charge in [0, 0.05) is 31.0 Å². The van der Waals surface area contributed by atoms with Crippen LogP contribution in [0.1, 0.15) is 36.7 Å². The van der Waals surface area contributed by atoms with Gasteiger partial charge in [-0.25, -0.2) is 8.42 Å². The molecule has 0 bridgehead atoms. The highest BCUT2D eigenvalue weighted by Crippen LogP contribution is 2.41. The normalized spacial score (nSPS) is 11.5. The van der Waals surface area contributed by atoms with Gasteiger partial charge in [0.1, 0.15) is 11.5 Å². The zero-order valence-electron chi connectivity index (χ0n) is 21.8. The molecule has 0 radical (unpaired) electrons. The van der Waals surface area contributed by atoms with E-state index in [0.29, 0.717) is 23.4 Å². The number of methoxy groups -OCH3 is 2. The molecular weight excluding hydrogens is 500 g/mol. The number of benzene rings is 2. The first-order chi connectivity index (χ1) is 17.2. The third-order valence-electron chi connectivity index (χ3n) is 5.13. The van der Waals surface area contributed by atoms with Crippen LogP contribution < -0.4 is 29.7 Å². The topological polar surface area (TPSA) is 143 Å². The quantitative estimate of drug-likeness (QED) is 0.315. The molecule has 0 saturated heterocycles. The highest BCUT2D eigenvalue weighted by molar-refractivity contribution is 7.92. The van der Waals surface area contributed by atoms with E-state index < -0.39 is 27.3 Å². The van der Waals surface area contributed by atoms with Gasteiger partial charge >= 0.3 is 0 Å². The molecular formula is C25H32N4O7S. The van der Waals surface area contributed by atoms with Crippen molar-refractivity contribution >= 4 is 45.3 Å². The third kappa shape index (κ3) is 7.71. The highest BCUT2D eigenvalue weighted by Gasteiger charge is 2.25. The zero-order valence-corrected chi connectivity index (χ0v) is 22.6. The minimum Gasteiger partial charge on any atom is -0.496 e. The number of hydrogen-bond acceptors (Lipinski definition) is 7. The van der Waals surface area contributed by atoms with Crippen molar-refractivity contribution in [3.05, 3.63) is 53.7 Å². The van der Waals surface area contributed by atoms with Crippen LogP contribution in [0.15, 0.2) is 42.6 Å². The van der Waals surface area contributed by atoms with Gasteiger partial charge in [-0.1, -0.05) is 20.8 Å². The first-order valence-electron chi connectivity index (χ1n) is 11.1. The number of likely N-dealkylation sites (N-methyl/N-ethyl adjacent to an activating group) is 1. The lowest BCUT2D eigenvalue weighted by Gasteiger charge is -2.27. The SMILES string of the molecule is CNC(=O)/C=C\N(C=O)c1cc(NC(=O)c2ccc(NS(C)(=O)=O)cc2OC)c(OC)c(C(C)(C)C)c1. The van der Waals surface area contributed by atoms with Gasteiger partial charge in [-0.05, 0) is 29.7 Å². The maximum absolute atomic E-state index is 13.3. The van der Waals surface area contributed by atoms with Crippen LogP contribution >= 0.6 is 0 Å². The summed E-state index contributed by atoms with van der Waals surface area (Å²) in [6.45, 7) is 5.84. The molecule has 2 rings (SSSR count). The molecule has 0 fully saturated rings. The number of carbonyl (C=O) groups excluding carboxylic acids is 3. The van der Waals surface area contributed by atoms with Crippen molar-refractivity contribution in [3.8, 4) is 11.5 Å². The largest absolute Gasteiger partial charge is 0.496 e. The second kappa shape index (κ2) is 11.8. The van der Waals surface area contributed by atoms with Gasteiger partial charge in [0.05, 0.1) is 43.1 Å². The Balaban J connectivity index is 2.59. The number of sulfonamides is 1. The van der Waals surface area contributed by atoms with E-state index >= 15 is 0 Å². The molecule has 2 aromatic carbocycles. The van der Waals surface area contributed by atoms with Crippen LogP contribution in [0.25, 0.3) is 0 Å². The number of anilines is 3. The molecule has 0 aliphatic heterocycles. The van der Waals surface area contributed by atoms with E-state index in [-0.39, 0.29) is 22.7 Å². The number of nitrogens with one attached hydrogen (secondary N) is 3. The van der Waals surface area contributed by atoms with E-state index in [2.05, 4.69) is 15.4 Å². The van der Waals surface area contributed by atoms with Crippen molar-refractivity contribution in [1.82, 2.24) is 5.32 Å². The van der Waals surface area contributed by atoms with Gasteiger partial charge in [-0.3, -0.25) is 24.0 Å². The van der Waals surface area contributed by atoms with Crippen LogP contribution in [0.2, 0.25) is 0 Å². The van der Waals surface area contributed by atoms with Crippen LogP contribution in [-0.2, 0) is 25.0 Å². The summed E-state index contributed by atoms with van der Waals surface area (Å²) in [6.07, 6.45) is 4.06. The lowest BCUT2D eigenvalue weighted by atomic mass is 9.85. The second-order valence-electron chi connectivity index (χ2n) is 9.01. The average molecular weight is 533 g/mol. The molecule has 0 heterocycles. The van der Waals surface area contributed by atoms with Crippen LogP contribution in [0.4, 0.5) is 17.1 Å². The Morgan fingerprint density at radius 3 is 2.24 bits per heavy atom. The zero-order chi connectivity index (χ0) is 28.0. The second-order valence-corrected chi connectivity index (χ2v) is 10.8. The molecule has 3 amide bonds. The molecule has 11 nitrogen and oxygen atoms in total.